The molecule has 0 radical (unpaired) electrons. The highest BCUT2D eigenvalue weighted by molar-refractivity contribution is 9.10. The monoisotopic (exact) mass is 489 g/mol. The fourth-order valence-electron chi connectivity index (χ4n) is 4.04. The average molecular weight is 490 g/mol. The summed E-state index contributed by atoms with van der Waals surface area (Å²) in [5.74, 6) is 0. The van der Waals surface area contributed by atoms with Gasteiger partial charge in [-0.1, -0.05) is 28.1 Å². The van der Waals surface area contributed by atoms with Gasteiger partial charge in [0.1, 0.15) is 0 Å². The van der Waals surface area contributed by atoms with Gasteiger partial charge in [0, 0.05) is 34.4 Å². The fourth-order valence-corrected chi connectivity index (χ4v) is 4.60. The standard InChI is InChI=1S/C24H20BrN5S/c25-17-9-11-19(12-10-17)29-15-5-8-21(29)23-22(20-7-2-4-14-27-20)28-24(31)30(23)16-18-6-1-3-13-26-18/h1-15,22-23H,16H2,(H,28,31)/t22-,23+/m1/s1. The number of halogens is 1. The van der Waals surface area contributed by atoms with Crippen LogP contribution in [-0.4, -0.2) is 24.5 Å². The van der Waals surface area contributed by atoms with Gasteiger partial charge in [-0.05, 0) is 72.9 Å². The summed E-state index contributed by atoms with van der Waals surface area (Å²) in [6.45, 7) is 0.617. The first-order valence-corrected chi connectivity index (χ1v) is 11.2. The molecular formula is C24H20BrN5S. The summed E-state index contributed by atoms with van der Waals surface area (Å²) in [6, 6.07) is 24.4. The molecule has 5 nitrogen and oxygen atoms in total. The lowest BCUT2D eigenvalue weighted by Gasteiger charge is -2.28. The predicted molar refractivity (Wildman–Crippen MR) is 129 cm³/mol. The lowest BCUT2D eigenvalue weighted by Crippen LogP contribution is -2.30. The second kappa shape index (κ2) is 8.61. The molecule has 2 atom stereocenters. The Kier molecular flexibility index (Phi) is 5.53. The number of nitrogens with one attached hydrogen (secondary N) is 1. The van der Waals surface area contributed by atoms with Crippen molar-refractivity contribution in [1.82, 2.24) is 24.8 Å². The highest BCUT2D eigenvalue weighted by Gasteiger charge is 2.41. The van der Waals surface area contributed by atoms with Gasteiger partial charge in [0.15, 0.2) is 5.11 Å². The van der Waals surface area contributed by atoms with Gasteiger partial charge in [0.25, 0.3) is 0 Å². The van der Waals surface area contributed by atoms with Gasteiger partial charge in [-0.15, -0.1) is 0 Å². The zero-order chi connectivity index (χ0) is 21.2. The Labute approximate surface area is 194 Å². The van der Waals surface area contributed by atoms with Gasteiger partial charge in [0.2, 0.25) is 0 Å². The minimum atomic E-state index is -0.0680. The Hall–Kier alpha value is -3.03. The minimum Gasteiger partial charge on any atom is -0.352 e. The SMILES string of the molecule is S=C1N[C@H](c2ccccn2)[C@H](c2cccn2-c2ccc(Br)cc2)N1Cc1ccccn1. The molecule has 0 aliphatic carbocycles. The van der Waals surface area contributed by atoms with E-state index in [1.54, 1.807) is 0 Å². The van der Waals surface area contributed by atoms with Crippen LogP contribution in [0.1, 0.15) is 29.2 Å². The van der Waals surface area contributed by atoms with Gasteiger partial charge >= 0.3 is 0 Å². The molecule has 1 fully saturated rings. The molecular weight excluding hydrogens is 470 g/mol. The van der Waals surface area contributed by atoms with E-state index in [0.717, 1.165) is 27.2 Å². The number of aromatic nitrogens is 3. The number of nitrogens with zero attached hydrogens (tertiary/aromatic N) is 4. The smallest absolute Gasteiger partial charge is 0.170 e. The minimum absolute atomic E-state index is 0.0388. The lowest BCUT2D eigenvalue weighted by molar-refractivity contribution is 0.299. The van der Waals surface area contributed by atoms with Crippen molar-refractivity contribution in [2.24, 2.45) is 0 Å². The molecule has 0 amide bonds. The summed E-state index contributed by atoms with van der Waals surface area (Å²) in [6.07, 6.45) is 5.73. The first-order valence-electron chi connectivity index (χ1n) is 10.0. The Morgan fingerprint density at radius 2 is 1.68 bits per heavy atom. The zero-order valence-corrected chi connectivity index (χ0v) is 19.0. The molecule has 4 aromatic rings. The van der Waals surface area contributed by atoms with Gasteiger partial charge in [0.05, 0.1) is 30.0 Å². The fraction of sp³-hybridized carbons (Fsp3) is 0.125. The van der Waals surface area contributed by atoms with Crippen molar-refractivity contribution in [3.05, 3.63) is 113 Å². The summed E-state index contributed by atoms with van der Waals surface area (Å²) < 4.78 is 3.27. The van der Waals surface area contributed by atoms with Crippen LogP contribution in [-0.2, 0) is 6.54 Å². The summed E-state index contributed by atoms with van der Waals surface area (Å²) >= 11 is 9.32. The van der Waals surface area contributed by atoms with Crippen molar-refractivity contribution in [3.8, 4) is 5.69 Å². The van der Waals surface area contributed by atoms with Crippen LogP contribution < -0.4 is 5.32 Å². The van der Waals surface area contributed by atoms with E-state index in [9.17, 15) is 0 Å². The molecule has 1 aromatic carbocycles. The Morgan fingerprint density at radius 1 is 0.903 bits per heavy atom. The summed E-state index contributed by atoms with van der Waals surface area (Å²) in [5, 5.41) is 4.22. The molecule has 5 rings (SSSR count). The first-order chi connectivity index (χ1) is 15.2. The molecule has 154 valence electrons. The van der Waals surface area contributed by atoms with Crippen LogP contribution in [0.4, 0.5) is 0 Å². The molecule has 1 saturated heterocycles. The quantitative estimate of drug-likeness (QED) is 0.390. The summed E-state index contributed by atoms with van der Waals surface area (Å²) in [5.41, 5.74) is 4.17. The van der Waals surface area contributed by atoms with Crippen LogP contribution in [0.3, 0.4) is 0 Å². The van der Waals surface area contributed by atoms with Crippen molar-refractivity contribution < 1.29 is 0 Å². The van der Waals surface area contributed by atoms with E-state index in [0.29, 0.717) is 11.7 Å². The predicted octanol–water partition coefficient (Wildman–Crippen LogP) is 5.20. The number of benzene rings is 1. The van der Waals surface area contributed by atoms with Gasteiger partial charge in [-0.3, -0.25) is 9.97 Å². The summed E-state index contributed by atoms with van der Waals surface area (Å²) in [7, 11) is 0. The van der Waals surface area contributed by atoms with Gasteiger partial charge in [-0.25, -0.2) is 0 Å². The maximum atomic E-state index is 5.79. The van der Waals surface area contributed by atoms with E-state index in [2.05, 4.69) is 83.3 Å². The van der Waals surface area contributed by atoms with Crippen LogP contribution in [0.2, 0.25) is 0 Å². The van der Waals surface area contributed by atoms with Crippen LogP contribution in [0.5, 0.6) is 0 Å². The van der Waals surface area contributed by atoms with Crippen molar-refractivity contribution in [3.63, 3.8) is 0 Å². The van der Waals surface area contributed by atoms with Crippen molar-refractivity contribution >= 4 is 33.3 Å². The van der Waals surface area contributed by atoms with Crippen LogP contribution >= 0.6 is 28.1 Å². The molecule has 0 unspecified atom stereocenters. The maximum Gasteiger partial charge on any atom is 0.170 e. The average Bonchev–Trinajstić information content (AvgIpc) is 3.40. The van der Waals surface area contributed by atoms with E-state index < -0.39 is 0 Å². The highest BCUT2D eigenvalue weighted by Crippen LogP contribution is 2.40. The molecule has 1 aliphatic rings. The normalized spacial score (nSPS) is 18.2. The molecule has 31 heavy (non-hydrogen) atoms. The molecule has 0 spiro atoms. The Balaban J connectivity index is 1.60. The first kappa shape index (κ1) is 19.9. The van der Waals surface area contributed by atoms with Gasteiger partial charge in [-0.2, -0.15) is 0 Å². The molecule has 4 heterocycles. The largest absolute Gasteiger partial charge is 0.352 e. The van der Waals surface area contributed by atoms with E-state index in [1.165, 1.54) is 0 Å². The van der Waals surface area contributed by atoms with Crippen LogP contribution in [0.25, 0.3) is 5.69 Å². The van der Waals surface area contributed by atoms with Crippen LogP contribution in [0.15, 0.2) is 95.9 Å². The second-order valence-electron chi connectivity index (χ2n) is 7.36. The summed E-state index contributed by atoms with van der Waals surface area (Å²) in [4.78, 5) is 11.4. The Morgan fingerprint density at radius 3 is 2.39 bits per heavy atom. The Bertz CT molecular complexity index is 1180. The van der Waals surface area contributed by atoms with Crippen molar-refractivity contribution in [2.75, 3.05) is 0 Å². The zero-order valence-electron chi connectivity index (χ0n) is 16.6. The van der Waals surface area contributed by atoms with E-state index in [-0.39, 0.29) is 12.1 Å². The number of hydrogen-bond donors (Lipinski definition) is 1. The van der Waals surface area contributed by atoms with Crippen molar-refractivity contribution in [1.29, 1.82) is 0 Å². The third kappa shape index (κ3) is 3.98. The second-order valence-corrected chi connectivity index (χ2v) is 8.66. The third-order valence-corrected chi connectivity index (χ3v) is 6.33. The third-order valence-electron chi connectivity index (χ3n) is 5.44. The topological polar surface area (TPSA) is 46.0 Å². The van der Waals surface area contributed by atoms with Crippen LogP contribution in [0, 0.1) is 0 Å². The molecule has 0 bridgehead atoms. The molecule has 1 aliphatic heterocycles. The van der Waals surface area contributed by atoms with Crippen molar-refractivity contribution in [2.45, 2.75) is 18.6 Å². The number of pyridine rings is 2. The molecule has 7 heteroatoms. The lowest BCUT2D eigenvalue weighted by atomic mass is 10.0. The van der Waals surface area contributed by atoms with Gasteiger partial charge < -0.3 is 14.8 Å². The highest BCUT2D eigenvalue weighted by atomic mass is 79.9. The number of hydrogen-bond acceptors (Lipinski definition) is 3. The number of rotatable bonds is 5. The number of thiocarbonyl (C=S) groups is 1. The van der Waals surface area contributed by atoms with E-state index in [4.69, 9.17) is 12.2 Å². The van der Waals surface area contributed by atoms with E-state index in [1.807, 2.05) is 48.8 Å². The molecule has 3 aromatic heterocycles. The van der Waals surface area contributed by atoms with E-state index >= 15 is 0 Å². The molecule has 0 saturated carbocycles. The maximum absolute atomic E-state index is 5.79. The molecule has 1 N–H and O–H groups in total.